The van der Waals surface area contributed by atoms with Crippen molar-refractivity contribution in [2.45, 2.75) is 38.2 Å². The Labute approximate surface area is 119 Å². The van der Waals surface area contributed by atoms with E-state index in [-0.39, 0.29) is 5.78 Å². The maximum absolute atomic E-state index is 12.4. The van der Waals surface area contributed by atoms with Gasteiger partial charge in [-0.3, -0.25) is 9.78 Å². The van der Waals surface area contributed by atoms with Crippen molar-refractivity contribution < 1.29 is 9.53 Å². The molecule has 0 aliphatic carbocycles. The zero-order chi connectivity index (χ0) is 13.8. The fourth-order valence-electron chi connectivity index (χ4n) is 2.84. The molecule has 1 unspecified atom stereocenters. The summed E-state index contributed by atoms with van der Waals surface area (Å²) in [4.78, 5) is 16.7. The molecular formula is C17H19NO2. The monoisotopic (exact) mass is 269 g/mol. The van der Waals surface area contributed by atoms with Crippen LogP contribution in [0.15, 0.2) is 36.5 Å². The number of aromatic nitrogens is 1. The topological polar surface area (TPSA) is 39.2 Å². The van der Waals surface area contributed by atoms with Gasteiger partial charge in [-0.1, -0.05) is 18.2 Å². The molecule has 0 amide bonds. The van der Waals surface area contributed by atoms with Crippen LogP contribution in [0.25, 0.3) is 10.9 Å². The third kappa shape index (κ3) is 2.88. The molecule has 3 nitrogen and oxygen atoms in total. The van der Waals surface area contributed by atoms with Crippen LogP contribution in [0, 0.1) is 0 Å². The van der Waals surface area contributed by atoms with E-state index in [0.717, 1.165) is 48.8 Å². The van der Waals surface area contributed by atoms with Crippen molar-refractivity contribution in [2.24, 2.45) is 0 Å². The van der Waals surface area contributed by atoms with Crippen LogP contribution in [-0.4, -0.2) is 23.5 Å². The molecule has 0 spiro atoms. The van der Waals surface area contributed by atoms with E-state index in [4.69, 9.17) is 4.74 Å². The molecule has 0 N–H and O–H groups in total. The molecule has 1 aromatic heterocycles. The van der Waals surface area contributed by atoms with Gasteiger partial charge in [0.15, 0.2) is 5.78 Å². The normalized spacial score (nSPS) is 18.5. The summed E-state index contributed by atoms with van der Waals surface area (Å²) in [6, 6.07) is 9.64. The number of para-hydroxylation sites is 1. The Hall–Kier alpha value is -1.74. The molecule has 0 radical (unpaired) electrons. The first-order valence-corrected chi connectivity index (χ1v) is 7.33. The molecule has 3 rings (SSSR count). The van der Waals surface area contributed by atoms with Crippen molar-refractivity contribution in [3.8, 4) is 0 Å². The highest BCUT2D eigenvalue weighted by Gasteiger charge is 2.16. The van der Waals surface area contributed by atoms with Crippen LogP contribution in [0.5, 0.6) is 0 Å². The molecule has 20 heavy (non-hydrogen) atoms. The van der Waals surface area contributed by atoms with Crippen LogP contribution in [-0.2, 0) is 4.74 Å². The van der Waals surface area contributed by atoms with E-state index in [9.17, 15) is 4.79 Å². The van der Waals surface area contributed by atoms with Crippen molar-refractivity contribution in [2.75, 3.05) is 6.61 Å². The van der Waals surface area contributed by atoms with E-state index in [0.29, 0.717) is 12.5 Å². The fourth-order valence-corrected chi connectivity index (χ4v) is 2.84. The number of carbonyl (C=O) groups excluding carboxylic acids is 1. The lowest BCUT2D eigenvalue weighted by atomic mass is 10.0. The maximum Gasteiger partial charge on any atom is 0.163 e. The van der Waals surface area contributed by atoms with Crippen LogP contribution < -0.4 is 0 Å². The van der Waals surface area contributed by atoms with E-state index in [1.165, 1.54) is 0 Å². The first-order valence-electron chi connectivity index (χ1n) is 7.33. The van der Waals surface area contributed by atoms with Crippen LogP contribution in [0.2, 0.25) is 0 Å². The molecular weight excluding hydrogens is 250 g/mol. The number of ketones is 1. The van der Waals surface area contributed by atoms with E-state index in [1.807, 2.05) is 30.3 Å². The Morgan fingerprint density at radius 3 is 3.05 bits per heavy atom. The molecule has 2 heterocycles. The zero-order valence-electron chi connectivity index (χ0n) is 11.5. The Morgan fingerprint density at radius 1 is 1.30 bits per heavy atom. The van der Waals surface area contributed by atoms with Crippen molar-refractivity contribution in [1.82, 2.24) is 4.98 Å². The number of Topliss-reactive ketones (excluding diaryl/α,β-unsaturated/α-hetero) is 1. The maximum atomic E-state index is 12.4. The summed E-state index contributed by atoms with van der Waals surface area (Å²) in [5.74, 6) is 0.210. The van der Waals surface area contributed by atoms with Crippen LogP contribution in [0.3, 0.4) is 0 Å². The standard InChI is InChI=1S/C17H19NO2/c19-17(9-3-5-13-6-4-12-20-13)15-10-11-18-16-8-2-1-7-14(15)16/h1-2,7-8,10-11,13H,3-6,9,12H2. The highest BCUT2D eigenvalue weighted by Crippen LogP contribution is 2.21. The van der Waals surface area contributed by atoms with Crippen molar-refractivity contribution >= 4 is 16.7 Å². The second-order valence-corrected chi connectivity index (χ2v) is 5.33. The third-order valence-corrected chi connectivity index (χ3v) is 3.90. The number of nitrogens with zero attached hydrogens (tertiary/aromatic N) is 1. The number of hydrogen-bond acceptors (Lipinski definition) is 3. The van der Waals surface area contributed by atoms with Gasteiger partial charge < -0.3 is 4.74 Å². The number of benzene rings is 1. The van der Waals surface area contributed by atoms with Gasteiger partial charge in [0.1, 0.15) is 0 Å². The van der Waals surface area contributed by atoms with E-state index in [2.05, 4.69) is 4.98 Å². The molecule has 2 aromatic rings. The molecule has 3 heteroatoms. The van der Waals surface area contributed by atoms with Gasteiger partial charge in [0.2, 0.25) is 0 Å². The summed E-state index contributed by atoms with van der Waals surface area (Å²) < 4.78 is 5.59. The number of carbonyl (C=O) groups is 1. The Bertz CT molecular complexity index is 597. The van der Waals surface area contributed by atoms with Crippen LogP contribution in [0.4, 0.5) is 0 Å². The van der Waals surface area contributed by atoms with Gasteiger partial charge in [-0.15, -0.1) is 0 Å². The summed E-state index contributed by atoms with van der Waals surface area (Å²) >= 11 is 0. The van der Waals surface area contributed by atoms with Gasteiger partial charge in [0.05, 0.1) is 11.6 Å². The first-order chi connectivity index (χ1) is 9.84. The summed E-state index contributed by atoms with van der Waals surface area (Å²) in [7, 11) is 0. The molecule has 0 saturated carbocycles. The van der Waals surface area contributed by atoms with Crippen molar-refractivity contribution in [1.29, 1.82) is 0 Å². The smallest absolute Gasteiger partial charge is 0.163 e. The second-order valence-electron chi connectivity index (χ2n) is 5.33. The molecule has 1 aromatic carbocycles. The van der Waals surface area contributed by atoms with Gasteiger partial charge in [0, 0.05) is 30.2 Å². The fraction of sp³-hybridized carbons (Fsp3) is 0.412. The third-order valence-electron chi connectivity index (χ3n) is 3.90. The predicted molar refractivity (Wildman–Crippen MR) is 78.9 cm³/mol. The van der Waals surface area contributed by atoms with Gasteiger partial charge in [-0.05, 0) is 37.8 Å². The minimum Gasteiger partial charge on any atom is -0.378 e. The van der Waals surface area contributed by atoms with E-state index in [1.54, 1.807) is 6.20 Å². The number of ether oxygens (including phenoxy) is 1. The molecule has 1 aliphatic heterocycles. The summed E-state index contributed by atoms with van der Waals surface area (Å²) in [6.07, 6.45) is 6.88. The molecule has 1 atom stereocenters. The lowest BCUT2D eigenvalue weighted by Crippen LogP contribution is -2.07. The second kappa shape index (κ2) is 6.14. The average Bonchev–Trinajstić information content (AvgIpc) is 3.00. The van der Waals surface area contributed by atoms with Gasteiger partial charge in [-0.2, -0.15) is 0 Å². The lowest BCUT2D eigenvalue weighted by Gasteiger charge is -2.09. The lowest BCUT2D eigenvalue weighted by molar-refractivity contribution is 0.0924. The summed E-state index contributed by atoms with van der Waals surface area (Å²) in [6.45, 7) is 0.883. The number of rotatable bonds is 5. The SMILES string of the molecule is O=C(CCCC1CCCO1)c1ccnc2ccccc12. The van der Waals surface area contributed by atoms with Gasteiger partial charge >= 0.3 is 0 Å². The van der Waals surface area contributed by atoms with Crippen LogP contribution in [0.1, 0.15) is 42.5 Å². The van der Waals surface area contributed by atoms with Crippen LogP contribution >= 0.6 is 0 Å². The van der Waals surface area contributed by atoms with Gasteiger partial charge in [0.25, 0.3) is 0 Å². The number of pyridine rings is 1. The average molecular weight is 269 g/mol. The van der Waals surface area contributed by atoms with E-state index < -0.39 is 0 Å². The molecule has 1 fully saturated rings. The zero-order valence-corrected chi connectivity index (χ0v) is 11.5. The van der Waals surface area contributed by atoms with Gasteiger partial charge in [-0.25, -0.2) is 0 Å². The highest BCUT2D eigenvalue weighted by atomic mass is 16.5. The molecule has 0 bridgehead atoms. The molecule has 104 valence electrons. The molecule has 1 saturated heterocycles. The number of fused-ring (bicyclic) bond motifs is 1. The Balaban J connectivity index is 1.66. The largest absolute Gasteiger partial charge is 0.378 e. The summed E-state index contributed by atoms with van der Waals surface area (Å²) in [5.41, 5.74) is 1.68. The Kier molecular flexibility index (Phi) is 4.07. The summed E-state index contributed by atoms with van der Waals surface area (Å²) in [5, 5.41) is 0.956. The van der Waals surface area contributed by atoms with E-state index >= 15 is 0 Å². The minimum absolute atomic E-state index is 0.210. The van der Waals surface area contributed by atoms with Crippen molar-refractivity contribution in [3.63, 3.8) is 0 Å². The minimum atomic E-state index is 0.210. The Morgan fingerprint density at radius 2 is 2.20 bits per heavy atom. The number of hydrogen-bond donors (Lipinski definition) is 0. The molecule has 1 aliphatic rings. The first kappa shape index (κ1) is 13.3. The predicted octanol–water partition coefficient (Wildman–Crippen LogP) is 3.77. The quantitative estimate of drug-likeness (QED) is 0.776. The highest BCUT2D eigenvalue weighted by molar-refractivity contribution is 6.07. The van der Waals surface area contributed by atoms with Crippen molar-refractivity contribution in [3.05, 3.63) is 42.1 Å².